The van der Waals surface area contributed by atoms with E-state index in [4.69, 9.17) is 4.74 Å². The highest BCUT2D eigenvalue weighted by atomic mass is 16.5. The van der Waals surface area contributed by atoms with Crippen molar-refractivity contribution in [2.24, 2.45) is 0 Å². The molecule has 1 aliphatic rings. The Kier molecular flexibility index (Phi) is 4.75. The van der Waals surface area contributed by atoms with Crippen LogP contribution in [0.2, 0.25) is 0 Å². The summed E-state index contributed by atoms with van der Waals surface area (Å²) in [6, 6.07) is 1.40. The maximum atomic E-state index is 12.7. The van der Waals surface area contributed by atoms with Crippen LogP contribution in [0.1, 0.15) is 28.0 Å². The largest absolute Gasteiger partial charge is 0.368 e. The predicted molar refractivity (Wildman–Crippen MR) is 90.6 cm³/mol. The van der Waals surface area contributed by atoms with E-state index in [1.807, 2.05) is 14.1 Å². The van der Waals surface area contributed by atoms with Gasteiger partial charge in [0.25, 0.3) is 11.5 Å². The molecule has 0 radical (unpaired) electrons. The third-order valence-corrected chi connectivity index (χ3v) is 3.85. The molecule has 0 unspecified atom stereocenters. The van der Waals surface area contributed by atoms with Crippen molar-refractivity contribution >= 4 is 11.9 Å². The van der Waals surface area contributed by atoms with Crippen LogP contribution >= 0.6 is 0 Å². The van der Waals surface area contributed by atoms with E-state index in [1.54, 1.807) is 16.7 Å². The molecule has 1 atom stereocenters. The van der Waals surface area contributed by atoms with Crippen LogP contribution in [0.3, 0.4) is 0 Å². The van der Waals surface area contributed by atoms with Crippen LogP contribution in [0.25, 0.3) is 0 Å². The summed E-state index contributed by atoms with van der Waals surface area (Å²) in [7, 11) is 3.67. The Labute approximate surface area is 144 Å². The molecular weight excluding hydrogens is 324 g/mol. The van der Waals surface area contributed by atoms with Crippen molar-refractivity contribution in [3.63, 3.8) is 0 Å². The number of hydrogen-bond donors (Lipinski definition) is 1. The number of carbonyl (C=O) groups is 1. The van der Waals surface area contributed by atoms with E-state index in [0.29, 0.717) is 42.7 Å². The Morgan fingerprint density at radius 2 is 2.08 bits per heavy atom. The number of aromatic nitrogens is 4. The molecule has 0 aromatic carbocycles. The number of anilines is 1. The third kappa shape index (κ3) is 3.82. The molecule has 0 bridgehead atoms. The number of aromatic amines is 1. The average molecular weight is 344 g/mol. The van der Waals surface area contributed by atoms with Crippen molar-refractivity contribution in [3.05, 3.63) is 45.9 Å². The van der Waals surface area contributed by atoms with E-state index >= 15 is 0 Å². The minimum absolute atomic E-state index is 0.167. The molecule has 9 heteroatoms. The second kappa shape index (κ2) is 6.98. The lowest BCUT2D eigenvalue weighted by Gasteiger charge is -2.32. The summed E-state index contributed by atoms with van der Waals surface area (Å²) in [5.74, 6) is 0.891. The number of nitrogens with zero attached hydrogens (tertiary/aromatic N) is 5. The standard InChI is InChI=1S/C16H20N6O3/c1-10-19-12(6-14(23)20-10)13-9-22(4-5-25-13)15(24)11-7-17-16(18-8-11)21(2)3/h6-8,13H,4-5,9H2,1-3H3,(H,19,20,23)/t13-/m1/s1. The first kappa shape index (κ1) is 17.0. The molecule has 0 aliphatic carbocycles. The molecule has 9 nitrogen and oxygen atoms in total. The average Bonchev–Trinajstić information content (AvgIpc) is 2.60. The van der Waals surface area contributed by atoms with Gasteiger partial charge in [0.1, 0.15) is 11.9 Å². The van der Waals surface area contributed by atoms with E-state index in [9.17, 15) is 9.59 Å². The Bertz CT molecular complexity index is 817. The first-order chi connectivity index (χ1) is 11.9. The normalized spacial score (nSPS) is 17.4. The number of ether oxygens (including phenoxy) is 1. The maximum Gasteiger partial charge on any atom is 0.257 e. The molecule has 2 aromatic rings. The van der Waals surface area contributed by atoms with Gasteiger partial charge >= 0.3 is 0 Å². The van der Waals surface area contributed by atoms with Crippen molar-refractivity contribution < 1.29 is 9.53 Å². The zero-order chi connectivity index (χ0) is 18.0. The first-order valence-electron chi connectivity index (χ1n) is 7.92. The minimum Gasteiger partial charge on any atom is -0.368 e. The molecule has 1 saturated heterocycles. The molecule has 25 heavy (non-hydrogen) atoms. The number of aryl methyl sites for hydroxylation is 1. The number of H-pyrrole nitrogens is 1. The lowest BCUT2D eigenvalue weighted by molar-refractivity contribution is -0.0249. The number of morpholine rings is 1. The second-order valence-corrected chi connectivity index (χ2v) is 6.03. The summed E-state index contributed by atoms with van der Waals surface area (Å²) in [4.78, 5) is 43.0. The molecule has 1 N–H and O–H groups in total. The fourth-order valence-electron chi connectivity index (χ4n) is 2.63. The summed E-state index contributed by atoms with van der Waals surface area (Å²) in [6.45, 7) is 2.87. The lowest BCUT2D eigenvalue weighted by atomic mass is 10.1. The van der Waals surface area contributed by atoms with E-state index in [0.717, 1.165) is 0 Å². The number of amides is 1. The third-order valence-electron chi connectivity index (χ3n) is 3.85. The Morgan fingerprint density at radius 3 is 2.72 bits per heavy atom. The quantitative estimate of drug-likeness (QED) is 0.845. The molecule has 1 amide bonds. The van der Waals surface area contributed by atoms with Gasteiger partial charge in [0.2, 0.25) is 5.95 Å². The highest BCUT2D eigenvalue weighted by molar-refractivity contribution is 5.93. The zero-order valence-electron chi connectivity index (χ0n) is 14.4. The Balaban J connectivity index is 1.76. The van der Waals surface area contributed by atoms with Gasteiger partial charge < -0.3 is 19.5 Å². The lowest BCUT2D eigenvalue weighted by Crippen LogP contribution is -2.42. The van der Waals surface area contributed by atoms with Crippen LogP contribution < -0.4 is 10.5 Å². The van der Waals surface area contributed by atoms with Gasteiger partial charge in [-0.2, -0.15) is 0 Å². The van der Waals surface area contributed by atoms with Gasteiger partial charge in [-0.1, -0.05) is 0 Å². The van der Waals surface area contributed by atoms with Crippen LogP contribution in [-0.4, -0.2) is 64.5 Å². The van der Waals surface area contributed by atoms with E-state index < -0.39 is 6.10 Å². The molecule has 3 rings (SSSR count). The van der Waals surface area contributed by atoms with Gasteiger partial charge in [-0.15, -0.1) is 0 Å². The Morgan fingerprint density at radius 1 is 1.36 bits per heavy atom. The van der Waals surface area contributed by atoms with Crippen molar-refractivity contribution in [3.8, 4) is 0 Å². The second-order valence-electron chi connectivity index (χ2n) is 6.03. The van der Waals surface area contributed by atoms with E-state index in [1.165, 1.54) is 18.5 Å². The molecule has 3 heterocycles. The van der Waals surface area contributed by atoms with Gasteiger partial charge in [-0.05, 0) is 6.92 Å². The number of carbonyl (C=O) groups excluding carboxylic acids is 1. The molecule has 0 saturated carbocycles. The SMILES string of the molecule is Cc1nc([C@H]2CN(C(=O)c3cnc(N(C)C)nc3)CCO2)cc(=O)[nH]1. The summed E-state index contributed by atoms with van der Waals surface area (Å²) in [5.41, 5.74) is 0.710. The highest BCUT2D eigenvalue weighted by Gasteiger charge is 2.27. The molecule has 0 spiro atoms. The molecule has 1 aliphatic heterocycles. The van der Waals surface area contributed by atoms with Crippen LogP contribution in [0.4, 0.5) is 5.95 Å². The number of nitrogens with one attached hydrogen (secondary N) is 1. The summed E-state index contributed by atoms with van der Waals surface area (Å²) in [6.07, 6.45) is 2.61. The Hall–Kier alpha value is -2.81. The van der Waals surface area contributed by atoms with Crippen molar-refractivity contribution in [2.75, 3.05) is 38.7 Å². The van der Waals surface area contributed by atoms with Gasteiger partial charge in [0.05, 0.1) is 24.4 Å². The summed E-state index contributed by atoms with van der Waals surface area (Å²) >= 11 is 0. The fourth-order valence-corrected chi connectivity index (χ4v) is 2.63. The van der Waals surface area contributed by atoms with Crippen LogP contribution in [0, 0.1) is 6.92 Å². The molecule has 132 valence electrons. The van der Waals surface area contributed by atoms with Gasteiger partial charge in [-0.3, -0.25) is 9.59 Å². The van der Waals surface area contributed by atoms with Crippen LogP contribution in [-0.2, 0) is 4.74 Å². The van der Waals surface area contributed by atoms with Gasteiger partial charge in [0.15, 0.2) is 0 Å². The van der Waals surface area contributed by atoms with Crippen molar-refractivity contribution in [1.82, 2.24) is 24.8 Å². The predicted octanol–water partition coefficient (Wildman–Crippen LogP) is 0.148. The van der Waals surface area contributed by atoms with E-state index in [2.05, 4.69) is 19.9 Å². The molecule has 2 aromatic heterocycles. The molecular formula is C16H20N6O3. The molecule has 1 fully saturated rings. The topological polar surface area (TPSA) is 104 Å². The smallest absolute Gasteiger partial charge is 0.257 e. The van der Waals surface area contributed by atoms with Crippen molar-refractivity contribution in [1.29, 1.82) is 0 Å². The first-order valence-corrected chi connectivity index (χ1v) is 7.92. The highest BCUT2D eigenvalue weighted by Crippen LogP contribution is 2.21. The summed E-state index contributed by atoms with van der Waals surface area (Å²) in [5, 5.41) is 0. The monoisotopic (exact) mass is 344 g/mol. The van der Waals surface area contributed by atoms with Crippen LogP contribution in [0.15, 0.2) is 23.3 Å². The van der Waals surface area contributed by atoms with Gasteiger partial charge in [0, 0.05) is 39.1 Å². The number of hydrogen-bond acceptors (Lipinski definition) is 7. The zero-order valence-corrected chi connectivity index (χ0v) is 14.4. The minimum atomic E-state index is -0.430. The van der Waals surface area contributed by atoms with Crippen molar-refractivity contribution in [2.45, 2.75) is 13.0 Å². The van der Waals surface area contributed by atoms with Crippen LogP contribution in [0.5, 0.6) is 0 Å². The maximum absolute atomic E-state index is 12.7. The van der Waals surface area contributed by atoms with Gasteiger partial charge in [-0.25, -0.2) is 15.0 Å². The fraction of sp³-hybridized carbons (Fsp3) is 0.438. The summed E-state index contributed by atoms with van der Waals surface area (Å²) < 4.78 is 5.69. The number of rotatable bonds is 3. The van der Waals surface area contributed by atoms with E-state index in [-0.39, 0.29) is 11.5 Å².